The average Bonchev–Trinajstić information content (AvgIpc) is 2.54. The van der Waals surface area contributed by atoms with Crippen LogP contribution in [0.4, 0.5) is 5.69 Å². The second-order valence-electron chi connectivity index (χ2n) is 5.49. The molecule has 0 aliphatic heterocycles. The predicted octanol–water partition coefficient (Wildman–Crippen LogP) is 0.333. The van der Waals surface area contributed by atoms with E-state index in [1.54, 1.807) is 6.92 Å². The molecule has 1 rings (SSSR count). The summed E-state index contributed by atoms with van der Waals surface area (Å²) in [6, 6.07) is 5.52. The van der Waals surface area contributed by atoms with E-state index in [0.717, 1.165) is 4.31 Å². The molecule has 0 unspecified atom stereocenters. The first kappa shape index (κ1) is 21.6. The number of anilines is 1. The lowest BCUT2D eigenvalue weighted by atomic mass is 10.3. The molecule has 0 bridgehead atoms. The van der Waals surface area contributed by atoms with E-state index >= 15 is 0 Å². The van der Waals surface area contributed by atoms with Crippen molar-refractivity contribution in [3.05, 3.63) is 24.3 Å². The fraction of sp³-hybridized carbons (Fsp3) is 0.438. The smallest absolute Gasteiger partial charge is 0.322 e. The monoisotopic (exact) mass is 385 g/mol. The molecular formula is C16H23N3O6S. The maximum Gasteiger partial charge on any atom is 0.322 e. The summed E-state index contributed by atoms with van der Waals surface area (Å²) < 4.78 is 30.7. The van der Waals surface area contributed by atoms with E-state index in [-0.39, 0.29) is 10.8 Å². The lowest BCUT2D eigenvalue weighted by molar-refractivity contribution is -0.154. The van der Waals surface area contributed by atoms with Crippen molar-refractivity contribution in [2.45, 2.75) is 31.8 Å². The summed E-state index contributed by atoms with van der Waals surface area (Å²) in [6.07, 6.45) is -1.02. The maximum absolute atomic E-state index is 12.5. The van der Waals surface area contributed by atoms with Gasteiger partial charge in [0.15, 0.2) is 6.10 Å². The fourth-order valence-electron chi connectivity index (χ4n) is 1.97. The van der Waals surface area contributed by atoms with Crippen LogP contribution in [0.1, 0.15) is 20.8 Å². The summed E-state index contributed by atoms with van der Waals surface area (Å²) in [5.41, 5.74) is 0.453. The molecule has 1 aromatic rings. The molecule has 0 spiro atoms. The maximum atomic E-state index is 12.5. The number of amides is 2. The highest BCUT2D eigenvalue weighted by molar-refractivity contribution is 7.89. The van der Waals surface area contributed by atoms with Crippen molar-refractivity contribution in [3.63, 3.8) is 0 Å². The first-order chi connectivity index (χ1) is 12.1. The number of carbonyl (C=O) groups is 3. The van der Waals surface area contributed by atoms with Crippen LogP contribution in [0.15, 0.2) is 29.2 Å². The Kier molecular flexibility index (Phi) is 7.72. The molecule has 0 aromatic heterocycles. The predicted molar refractivity (Wildman–Crippen MR) is 94.8 cm³/mol. The number of carbonyl (C=O) groups excluding carboxylic acids is 3. The van der Waals surface area contributed by atoms with Crippen LogP contribution >= 0.6 is 0 Å². The van der Waals surface area contributed by atoms with Crippen LogP contribution in [0.25, 0.3) is 0 Å². The summed E-state index contributed by atoms with van der Waals surface area (Å²) in [5.74, 6) is -1.58. The number of hydrogen-bond acceptors (Lipinski definition) is 6. The molecule has 26 heavy (non-hydrogen) atoms. The van der Waals surface area contributed by atoms with Gasteiger partial charge in [-0.1, -0.05) is 0 Å². The van der Waals surface area contributed by atoms with Crippen molar-refractivity contribution < 1.29 is 27.5 Å². The van der Waals surface area contributed by atoms with E-state index in [1.807, 2.05) is 0 Å². The Hall–Kier alpha value is -2.46. The summed E-state index contributed by atoms with van der Waals surface area (Å²) in [6.45, 7) is 4.32. The minimum atomic E-state index is -3.93. The molecule has 144 valence electrons. The number of nitrogens with one attached hydrogen (secondary N) is 2. The van der Waals surface area contributed by atoms with Gasteiger partial charge in [0.1, 0.15) is 6.54 Å². The summed E-state index contributed by atoms with van der Waals surface area (Å²) in [5, 5.41) is 5.03. The van der Waals surface area contributed by atoms with Crippen molar-refractivity contribution in [1.82, 2.24) is 9.62 Å². The van der Waals surface area contributed by atoms with Crippen LogP contribution in [0, 0.1) is 0 Å². The Bertz CT molecular complexity index is 761. The first-order valence-corrected chi connectivity index (χ1v) is 9.33. The van der Waals surface area contributed by atoms with Crippen molar-refractivity contribution in [3.8, 4) is 0 Å². The molecular weight excluding hydrogens is 362 g/mol. The van der Waals surface area contributed by atoms with Crippen LogP contribution < -0.4 is 10.6 Å². The Balaban J connectivity index is 2.75. The Morgan fingerprint density at radius 3 is 2.27 bits per heavy atom. The zero-order valence-electron chi connectivity index (χ0n) is 15.1. The minimum Gasteiger partial charge on any atom is -0.452 e. The van der Waals surface area contributed by atoms with Gasteiger partial charge in [-0.25, -0.2) is 8.42 Å². The molecule has 0 aliphatic carbocycles. The van der Waals surface area contributed by atoms with Gasteiger partial charge in [-0.05, 0) is 38.1 Å². The second-order valence-corrected chi connectivity index (χ2v) is 7.54. The number of likely N-dealkylation sites (N-methyl/N-ethyl adjacent to an activating group) is 2. The average molecular weight is 385 g/mol. The lowest BCUT2D eigenvalue weighted by Crippen LogP contribution is -2.39. The largest absolute Gasteiger partial charge is 0.452 e. The Morgan fingerprint density at radius 2 is 1.77 bits per heavy atom. The van der Waals surface area contributed by atoms with Crippen LogP contribution in [-0.4, -0.2) is 56.7 Å². The van der Waals surface area contributed by atoms with E-state index in [0.29, 0.717) is 12.2 Å². The van der Waals surface area contributed by atoms with Crippen molar-refractivity contribution in [2.24, 2.45) is 0 Å². The van der Waals surface area contributed by atoms with Gasteiger partial charge in [0.25, 0.3) is 5.91 Å². The third kappa shape index (κ3) is 6.12. The highest BCUT2D eigenvalue weighted by Gasteiger charge is 2.25. The molecule has 0 radical (unpaired) electrons. The van der Waals surface area contributed by atoms with Crippen LogP contribution in [-0.2, 0) is 29.1 Å². The molecule has 0 heterocycles. The molecule has 0 saturated carbocycles. The Morgan fingerprint density at radius 1 is 1.19 bits per heavy atom. The molecule has 2 N–H and O–H groups in total. The highest BCUT2D eigenvalue weighted by atomic mass is 32.2. The summed E-state index contributed by atoms with van der Waals surface area (Å²) >= 11 is 0. The second kappa shape index (κ2) is 9.30. The summed E-state index contributed by atoms with van der Waals surface area (Å²) in [4.78, 5) is 34.4. The van der Waals surface area contributed by atoms with Gasteiger partial charge < -0.3 is 15.4 Å². The third-order valence-corrected chi connectivity index (χ3v) is 5.08. The van der Waals surface area contributed by atoms with Gasteiger partial charge in [-0.15, -0.1) is 0 Å². The summed E-state index contributed by atoms with van der Waals surface area (Å²) in [7, 11) is -2.70. The van der Waals surface area contributed by atoms with E-state index in [9.17, 15) is 22.8 Å². The van der Waals surface area contributed by atoms with Gasteiger partial charge in [-0.3, -0.25) is 14.4 Å². The zero-order valence-corrected chi connectivity index (χ0v) is 15.9. The van der Waals surface area contributed by atoms with Crippen LogP contribution in [0.5, 0.6) is 0 Å². The number of ether oxygens (including phenoxy) is 1. The van der Waals surface area contributed by atoms with Gasteiger partial charge >= 0.3 is 5.97 Å². The number of nitrogens with zero attached hydrogens (tertiary/aromatic N) is 1. The van der Waals surface area contributed by atoms with E-state index in [1.165, 1.54) is 45.2 Å². The van der Waals surface area contributed by atoms with Gasteiger partial charge in [0.2, 0.25) is 15.9 Å². The number of benzene rings is 1. The van der Waals surface area contributed by atoms with Crippen molar-refractivity contribution >= 4 is 33.5 Å². The minimum absolute atomic E-state index is 0.0429. The third-order valence-electron chi connectivity index (χ3n) is 3.26. The van der Waals surface area contributed by atoms with Gasteiger partial charge in [-0.2, -0.15) is 4.31 Å². The number of esters is 1. The van der Waals surface area contributed by atoms with Gasteiger partial charge in [0, 0.05) is 26.2 Å². The molecule has 2 amide bonds. The first-order valence-electron chi connectivity index (χ1n) is 7.89. The molecule has 0 saturated heterocycles. The topological polar surface area (TPSA) is 122 Å². The SMILES string of the molecule is CCNC(=O)[C@H](C)OC(=O)CN(C)S(=O)(=O)c1ccc(NC(C)=O)cc1. The number of hydrogen-bond donors (Lipinski definition) is 2. The number of sulfonamides is 1. The van der Waals surface area contributed by atoms with E-state index in [4.69, 9.17) is 4.74 Å². The van der Waals surface area contributed by atoms with Crippen molar-refractivity contribution in [1.29, 1.82) is 0 Å². The van der Waals surface area contributed by atoms with Crippen molar-refractivity contribution in [2.75, 3.05) is 25.5 Å². The molecule has 0 aliphatic rings. The lowest BCUT2D eigenvalue weighted by Gasteiger charge is -2.18. The zero-order chi connectivity index (χ0) is 19.9. The molecule has 10 heteroatoms. The molecule has 1 aromatic carbocycles. The van der Waals surface area contributed by atoms with E-state index in [2.05, 4.69) is 10.6 Å². The standard InChI is InChI=1S/C16H23N3O6S/c1-5-17-16(22)11(2)25-15(21)10-19(4)26(23,24)14-8-6-13(7-9-14)18-12(3)20/h6-9,11H,5,10H2,1-4H3,(H,17,22)(H,18,20)/t11-/m0/s1. The molecule has 1 atom stereocenters. The fourth-order valence-corrected chi connectivity index (χ4v) is 3.08. The van der Waals surface area contributed by atoms with Gasteiger partial charge in [0.05, 0.1) is 4.90 Å². The van der Waals surface area contributed by atoms with E-state index < -0.39 is 34.5 Å². The van der Waals surface area contributed by atoms with Crippen LogP contribution in [0.3, 0.4) is 0 Å². The highest BCUT2D eigenvalue weighted by Crippen LogP contribution is 2.17. The molecule has 9 nitrogen and oxygen atoms in total. The Labute approximate surface area is 152 Å². The number of rotatable bonds is 8. The molecule has 0 fully saturated rings. The quantitative estimate of drug-likeness (QED) is 0.622. The van der Waals surface area contributed by atoms with Crippen LogP contribution in [0.2, 0.25) is 0 Å². The normalized spacial score (nSPS) is 12.3.